The first kappa shape index (κ1) is 16.5. The van der Waals surface area contributed by atoms with Crippen molar-refractivity contribution in [1.29, 1.82) is 0 Å². The van der Waals surface area contributed by atoms with E-state index in [0.29, 0.717) is 0 Å². The van der Waals surface area contributed by atoms with Gasteiger partial charge in [-0.25, -0.2) is 4.98 Å². The van der Waals surface area contributed by atoms with Crippen molar-refractivity contribution in [2.75, 3.05) is 6.61 Å². The number of rotatable bonds is 2. The molecule has 5 heteroatoms. The van der Waals surface area contributed by atoms with Gasteiger partial charge in [0.2, 0.25) is 0 Å². The molecule has 4 rings (SSSR count). The lowest BCUT2D eigenvalue weighted by Gasteiger charge is -2.26. The molecule has 2 atom stereocenters. The second kappa shape index (κ2) is 6.39. The van der Waals surface area contributed by atoms with Gasteiger partial charge in [-0.2, -0.15) is 0 Å². The highest BCUT2D eigenvalue weighted by Gasteiger charge is 2.25. The molecule has 0 aliphatic carbocycles. The minimum Gasteiger partial charge on any atom is -0.378 e. The summed E-state index contributed by atoms with van der Waals surface area (Å²) in [5.74, 6) is 1.08. The number of thiophene rings is 1. The number of H-pyrrole nitrogens is 1. The van der Waals surface area contributed by atoms with Gasteiger partial charge in [0.05, 0.1) is 11.5 Å². The minimum atomic E-state index is -0.0286. The van der Waals surface area contributed by atoms with Gasteiger partial charge < -0.3 is 9.72 Å². The van der Waals surface area contributed by atoms with Crippen molar-refractivity contribution in [1.82, 2.24) is 9.97 Å². The second-order valence-corrected chi connectivity index (χ2v) is 8.14. The molecule has 0 amide bonds. The summed E-state index contributed by atoms with van der Waals surface area (Å²) in [6, 6.07) is 8.32. The Morgan fingerprint density at radius 2 is 2.00 bits per heavy atom. The molecule has 1 N–H and O–H groups in total. The third kappa shape index (κ3) is 3.02. The molecule has 3 aromatic rings. The summed E-state index contributed by atoms with van der Waals surface area (Å²) in [7, 11) is 0. The van der Waals surface area contributed by atoms with Crippen molar-refractivity contribution >= 4 is 21.6 Å². The molecular weight excluding hydrogens is 332 g/mol. The van der Waals surface area contributed by atoms with Crippen LogP contribution in [0.5, 0.6) is 0 Å². The molecule has 0 bridgehead atoms. The van der Waals surface area contributed by atoms with Gasteiger partial charge in [-0.15, -0.1) is 11.3 Å². The van der Waals surface area contributed by atoms with E-state index in [1.807, 2.05) is 0 Å². The Balaban J connectivity index is 1.84. The maximum atomic E-state index is 12.9. The summed E-state index contributed by atoms with van der Waals surface area (Å²) < 4.78 is 5.62. The fourth-order valence-electron chi connectivity index (χ4n) is 3.64. The van der Waals surface area contributed by atoms with Gasteiger partial charge in [0.15, 0.2) is 0 Å². The zero-order valence-corrected chi connectivity index (χ0v) is 15.6. The lowest BCUT2D eigenvalue weighted by atomic mass is 9.95. The van der Waals surface area contributed by atoms with Crippen LogP contribution in [0.25, 0.3) is 21.3 Å². The molecule has 1 aliphatic heterocycles. The molecule has 1 aromatic carbocycles. The quantitative estimate of drug-likeness (QED) is 0.734. The van der Waals surface area contributed by atoms with Gasteiger partial charge in [0.1, 0.15) is 10.7 Å². The van der Waals surface area contributed by atoms with Crippen LogP contribution < -0.4 is 5.56 Å². The van der Waals surface area contributed by atoms with Crippen molar-refractivity contribution in [2.45, 2.75) is 45.6 Å². The normalized spacial score (nSPS) is 20.9. The predicted octanol–water partition coefficient (Wildman–Crippen LogP) is 4.55. The molecule has 130 valence electrons. The Kier molecular flexibility index (Phi) is 4.21. The summed E-state index contributed by atoms with van der Waals surface area (Å²) in [6.45, 7) is 6.94. The number of nitrogens with zero attached hydrogens (tertiary/aromatic N) is 1. The number of nitrogens with one attached hydrogen (secondary N) is 1. The maximum Gasteiger partial charge on any atom is 0.260 e. The average molecular weight is 354 g/mol. The number of hydrogen-bond donors (Lipinski definition) is 1. The van der Waals surface area contributed by atoms with Gasteiger partial charge in [-0.3, -0.25) is 4.79 Å². The van der Waals surface area contributed by atoms with E-state index in [9.17, 15) is 4.79 Å². The highest BCUT2D eigenvalue weighted by Crippen LogP contribution is 2.36. The van der Waals surface area contributed by atoms with Crippen molar-refractivity contribution < 1.29 is 4.74 Å². The number of ether oxygens (including phenoxy) is 1. The fraction of sp³-hybridized carbons (Fsp3) is 0.400. The molecule has 3 heterocycles. The molecule has 1 aliphatic rings. The number of fused-ring (bicyclic) bond motifs is 1. The number of aromatic amines is 1. The van der Waals surface area contributed by atoms with Crippen LogP contribution in [0.2, 0.25) is 0 Å². The van der Waals surface area contributed by atoms with Crippen molar-refractivity contribution in [3.8, 4) is 11.1 Å². The van der Waals surface area contributed by atoms with Gasteiger partial charge in [-0.1, -0.05) is 29.8 Å². The molecule has 4 nitrogen and oxygen atoms in total. The van der Waals surface area contributed by atoms with E-state index in [-0.39, 0.29) is 17.6 Å². The molecule has 1 saturated heterocycles. The first-order chi connectivity index (χ1) is 12.0. The highest BCUT2D eigenvalue weighted by molar-refractivity contribution is 7.19. The summed E-state index contributed by atoms with van der Waals surface area (Å²) in [6.07, 6.45) is 2.03. The lowest BCUT2D eigenvalue weighted by molar-refractivity contribution is 0.0173. The predicted molar refractivity (Wildman–Crippen MR) is 103 cm³/mol. The van der Waals surface area contributed by atoms with Crippen LogP contribution in [-0.2, 0) is 4.74 Å². The standard InChI is InChI=1S/C20H22N2O2S/c1-11-4-6-14(7-5-11)16-13(3)25-20-17(16)19(23)21-18(22-20)15-8-9-24-12(2)10-15/h4-7,12,15H,8-10H2,1-3H3,(H,21,22,23)/t12-,15+/m0/s1. The summed E-state index contributed by atoms with van der Waals surface area (Å²) in [5, 5.41) is 0.718. The molecule has 0 saturated carbocycles. The van der Waals surface area contributed by atoms with Crippen molar-refractivity contribution in [2.24, 2.45) is 0 Å². The largest absolute Gasteiger partial charge is 0.378 e. The second-order valence-electron chi connectivity index (χ2n) is 6.93. The van der Waals surface area contributed by atoms with Crippen LogP contribution in [0.15, 0.2) is 29.1 Å². The Labute approximate surface area is 150 Å². The van der Waals surface area contributed by atoms with Gasteiger partial charge in [-0.05, 0) is 39.2 Å². The molecule has 0 spiro atoms. The Morgan fingerprint density at radius 1 is 1.24 bits per heavy atom. The average Bonchev–Trinajstić information content (AvgIpc) is 2.92. The van der Waals surface area contributed by atoms with Gasteiger partial charge in [0, 0.05) is 23.0 Å². The van der Waals surface area contributed by atoms with E-state index >= 15 is 0 Å². The number of aromatic nitrogens is 2. The third-order valence-corrected chi connectivity index (χ3v) is 5.97. The molecule has 25 heavy (non-hydrogen) atoms. The monoisotopic (exact) mass is 354 g/mol. The van der Waals surface area contributed by atoms with E-state index in [0.717, 1.165) is 51.5 Å². The SMILES string of the molecule is Cc1ccc(-c2c(C)sc3nc([C@@H]4CCO[C@@H](C)C4)[nH]c(=O)c23)cc1. The van der Waals surface area contributed by atoms with E-state index in [2.05, 4.69) is 50.0 Å². The van der Waals surface area contributed by atoms with Crippen LogP contribution in [0.4, 0.5) is 0 Å². The van der Waals surface area contributed by atoms with Crippen molar-refractivity contribution in [3.63, 3.8) is 0 Å². The molecular formula is C20H22N2O2S. The number of benzene rings is 1. The van der Waals surface area contributed by atoms with Crippen LogP contribution in [-0.4, -0.2) is 22.7 Å². The Hall–Kier alpha value is -1.98. The van der Waals surface area contributed by atoms with Crippen LogP contribution >= 0.6 is 11.3 Å². The smallest absolute Gasteiger partial charge is 0.260 e. The van der Waals surface area contributed by atoms with Crippen LogP contribution in [0.3, 0.4) is 0 Å². The first-order valence-corrected chi connectivity index (χ1v) is 9.56. The number of aryl methyl sites for hydroxylation is 2. The van der Waals surface area contributed by atoms with Crippen molar-refractivity contribution in [3.05, 3.63) is 50.9 Å². The van der Waals surface area contributed by atoms with Crippen LogP contribution in [0, 0.1) is 13.8 Å². The minimum absolute atomic E-state index is 0.0286. The number of hydrogen-bond acceptors (Lipinski definition) is 4. The van der Waals surface area contributed by atoms with E-state index < -0.39 is 0 Å². The highest BCUT2D eigenvalue weighted by atomic mass is 32.1. The molecule has 0 unspecified atom stereocenters. The fourth-order valence-corrected chi connectivity index (χ4v) is 4.70. The van der Waals surface area contributed by atoms with Gasteiger partial charge in [0.25, 0.3) is 5.56 Å². The third-order valence-electron chi connectivity index (χ3n) is 4.97. The zero-order valence-electron chi connectivity index (χ0n) is 14.8. The zero-order chi connectivity index (χ0) is 17.6. The topological polar surface area (TPSA) is 55.0 Å². The molecule has 1 fully saturated rings. The molecule has 0 radical (unpaired) electrons. The van der Waals surface area contributed by atoms with E-state index in [4.69, 9.17) is 9.72 Å². The Morgan fingerprint density at radius 3 is 2.72 bits per heavy atom. The summed E-state index contributed by atoms with van der Waals surface area (Å²) in [4.78, 5) is 22.7. The first-order valence-electron chi connectivity index (χ1n) is 8.75. The lowest BCUT2D eigenvalue weighted by Crippen LogP contribution is -2.24. The Bertz CT molecular complexity index is 972. The van der Waals surface area contributed by atoms with Gasteiger partial charge >= 0.3 is 0 Å². The van der Waals surface area contributed by atoms with E-state index in [1.165, 1.54) is 5.56 Å². The van der Waals surface area contributed by atoms with Crippen LogP contribution in [0.1, 0.15) is 41.9 Å². The summed E-state index contributed by atoms with van der Waals surface area (Å²) >= 11 is 1.61. The summed E-state index contributed by atoms with van der Waals surface area (Å²) in [5.41, 5.74) is 3.28. The molecule has 2 aromatic heterocycles. The maximum absolute atomic E-state index is 12.9. The van der Waals surface area contributed by atoms with E-state index in [1.54, 1.807) is 11.3 Å².